The molecule has 0 saturated carbocycles. The monoisotopic (exact) mass is 321 g/mol. The molecule has 21 heavy (non-hydrogen) atoms. The van der Waals surface area contributed by atoms with Crippen molar-refractivity contribution in [3.05, 3.63) is 12.4 Å². The van der Waals surface area contributed by atoms with E-state index < -0.39 is 10.0 Å². The van der Waals surface area contributed by atoms with Gasteiger partial charge >= 0.3 is 0 Å². The van der Waals surface area contributed by atoms with Crippen LogP contribution in [0.4, 0.5) is 0 Å². The Morgan fingerprint density at radius 3 is 2.43 bits per heavy atom. The maximum atomic E-state index is 12.5. The Balaban J connectivity index is 2.85. The minimum atomic E-state index is -3.62. The van der Waals surface area contributed by atoms with Crippen LogP contribution >= 0.6 is 0 Å². The first-order chi connectivity index (χ1) is 10.1. The van der Waals surface area contributed by atoms with Crippen molar-refractivity contribution < 1.29 is 23.0 Å². The summed E-state index contributed by atoms with van der Waals surface area (Å²) in [4.78, 5) is 0.132. The van der Waals surface area contributed by atoms with E-state index in [2.05, 4.69) is 5.10 Å². The maximum Gasteiger partial charge on any atom is 0.246 e. The quantitative estimate of drug-likeness (QED) is 0.593. The number of sulfonamides is 1. The zero-order valence-electron chi connectivity index (χ0n) is 12.4. The van der Waals surface area contributed by atoms with E-state index >= 15 is 0 Å². The summed E-state index contributed by atoms with van der Waals surface area (Å²) in [5, 5.41) is 12.8. The molecule has 0 aliphatic rings. The molecule has 8 nitrogen and oxygen atoms in total. The highest BCUT2D eigenvalue weighted by atomic mass is 32.2. The van der Waals surface area contributed by atoms with Gasteiger partial charge in [-0.15, -0.1) is 0 Å². The summed E-state index contributed by atoms with van der Waals surface area (Å²) in [5.74, 6) is 0. The van der Waals surface area contributed by atoms with Crippen molar-refractivity contribution in [1.29, 1.82) is 0 Å². The molecule has 0 aromatic carbocycles. The lowest BCUT2D eigenvalue weighted by molar-refractivity contribution is 0.150. The summed E-state index contributed by atoms with van der Waals surface area (Å²) in [6, 6.07) is 0. The predicted octanol–water partition coefficient (Wildman–Crippen LogP) is -0.451. The number of aliphatic hydroxyl groups excluding tert-OH is 1. The predicted molar refractivity (Wildman–Crippen MR) is 76.4 cm³/mol. The molecule has 1 aromatic heterocycles. The molecule has 0 fully saturated rings. The van der Waals surface area contributed by atoms with Crippen molar-refractivity contribution in [3.63, 3.8) is 0 Å². The van der Waals surface area contributed by atoms with Gasteiger partial charge in [0.1, 0.15) is 4.90 Å². The molecule has 0 spiro atoms. The second-order valence-corrected chi connectivity index (χ2v) is 6.34. The lowest BCUT2D eigenvalue weighted by Gasteiger charge is -2.20. The van der Waals surface area contributed by atoms with Gasteiger partial charge in [0.05, 0.1) is 19.4 Å². The van der Waals surface area contributed by atoms with E-state index in [0.29, 0.717) is 26.2 Å². The third-order valence-corrected chi connectivity index (χ3v) is 4.73. The van der Waals surface area contributed by atoms with E-state index in [4.69, 9.17) is 14.6 Å². The molecule has 0 bridgehead atoms. The zero-order chi connectivity index (χ0) is 15.7. The van der Waals surface area contributed by atoms with Crippen LogP contribution in [0, 0.1) is 0 Å². The Kier molecular flexibility index (Phi) is 7.83. The lowest BCUT2D eigenvalue weighted by Crippen LogP contribution is -2.36. The van der Waals surface area contributed by atoms with E-state index in [-0.39, 0.29) is 24.6 Å². The Bertz CT molecular complexity index is 495. The molecule has 0 amide bonds. The van der Waals surface area contributed by atoms with Crippen LogP contribution in [0.2, 0.25) is 0 Å². The SMILES string of the molecule is COCCN(CCOC)S(=O)(=O)c1cnn(CCCO)c1. The number of hydrogen-bond acceptors (Lipinski definition) is 6. The van der Waals surface area contributed by atoms with Gasteiger partial charge in [0.15, 0.2) is 0 Å². The van der Waals surface area contributed by atoms with Gasteiger partial charge in [-0.1, -0.05) is 0 Å². The normalized spacial score (nSPS) is 12.2. The van der Waals surface area contributed by atoms with Crippen LogP contribution in [0.5, 0.6) is 0 Å². The lowest BCUT2D eigenvalue weighted by atomic mass is 10.5. The molecule has 1 rings (SSSR count). The minimum absolute atomic E-state index is 0.0374. The Morgan fingerprint density at radius 1 is 1.29 bits per heavy atom. The molecule has 0 atom stereocenters. The Hall–Kier alpha value is -1.00. The second kappa shape index (κ2) is 9.11. The number of aryl methyl sites for hydroxylation is 1. The van der Waals surface area contributed by atoms with Crippen molar-refractivity contribution in [3.8, 4) is 0 Å². The Morgan fingerprint density at radius 2 is 1.90 bits per heavy atom. The van der Waals surface area contributed by atoms with E-state index in [1.54, 1.807) is 0 Å². The molecule has 0 radical (unpaired) electrons. The maximum absolute atomic E-state index is 12.5. The summed E-state index contributed by atoms with van der Waals surface area (Å²) < 4.78 is 37.8. The van der Waals surface area contributed by atoms with Crippen LogP contribution < -0.4 is 0 Å². The topological polar surface area (TPSA) is 93.9 Å². The average molecular weight is 321 g/mol. The van der Waals surface area contributed by atoms with Gasteiger partial charge in [0, 0.05) is 46.7 Å². The molecule has 1 heterocycles. The first-order valence-corrected chi connectivity index (χ1v) is 8.11. The molecule has 122 valence electrons. The third kappa shape index (κ3) is 5.36. The average Bonchev–Trinajstić information content (AvgIpc) is 2.94. The standard InChI is InChI=1S/C12H23N3O5S/c1-19-8-5-15(6-9-20-2)21(17,18)12-10-13-14(11-12)4-3-7-16/h10-11,16H,3-9H2,1-2H3. The summed E-state index contributed by atoms with van der Waals surface area (Å²) in [5.41, 5.74) is 0. The molecule has 0 aliphatic carbocycles. The van der Waals surface area contributed by atoms with Gasteiger partial charge in [-0.05, 0) is 6.42 Å². The van der Waals surface area contributed by atoms with Gasteiger partial charge < -0.3 is 14.6 Å². The van der Waals surface area contributed by atoms with Gasteiger partial charge in [-0.2, -0.15) is 9.40 Å². The molecule has 0 saturated heterocycles. The largest absolute Gasteiger partial charge is 0.396 e. The Labute approximate surface area is 125 Å². The van der Waals surface area contributed by atoms with Crippen molar-refractivity contribution in [2.45, 2.75) is 17.9 Å². The fourth-order valence-corrected chi connectivity index (χ4v) is 3.08. The van der Waals surface area contributed by atoms with Crippen molar-refractivity contribution in [2.24, 2.45) is 0 Å². The number of hydrogen-bond donors (Lipinski definition) is 1. The van der Waals surface area contributed by atoms with Crippen molar-refractivity contribution >= 4 is 10.0 Å². The van der Waals surface area contributed by atoms with Crippen molar-refractivity contribution in [1.82, 2.24) is 14.1 Å². The van der Waals surface area contributed by atoms with Crippen molar-refractivity contribution in [2.75, 3.05) is 47.1 Å². The fourth-order valence-electron chi connectivity index (χ4n) is 1.72. The first-order valence-electron chi connectivity index (χ1n) is 6.67. The molecule has 1 aromatic rings. The highest BCUT2D eigenvalue weighted by Gasteiger charge is 2.25. The third-order valence-electron chi connectivity index (χ3n) is 2.88. The molecule has 0 unspecified atom stereocenters. The first kappa shape index (κ1) is 18.1. The van der Waals surface area contributed by atoms with Crippen LogP contribution in [-0.4, -0.2) is 74.7 Å². The number of nitrogens with zero attached hydrogens (tertiary/aromatic N) is 3. The smallest absolute Gasteiger partial charge is 0.246 e. The molecular weight excluding hydrogens is 298 g/mol. The molecule has 9 heteroatoms. The number of aliphatic hydroxyl groups is 1. The van der Waals surface area contributed by atoms with E-state index in [1.165, 1.54) is 35.6 Å². The summed E-state index contributed by atoms with van der Waals surface area (Å²) >= 11 is 0. The van der Waals surface area contributed by atoms with Gasteiger partial charge in [0.2, 0.25) is 10.0 Å². The van der Waals surface area contributed by atoms with E-state index in [9.17, 15) is 8.42 Å². The second-order valence-electron chi connectivity index (χ2n) is 4.41. The summed E-state index contributed by atoms with van der Waals surface area (Å²) in [6.07, 6.45) is 3.31. The van der Waals surface area contributed by atoms with Crippen LogP contribution in [0.25, 0.3) is 0 Å². The van der Waals surface area contributed by atoms with Crippen LogP contribution in [0.1, 0.15) is 6.42 Å². The molecular formula is C12H23N3O5S. The number of ether oxygens (including phenoxy) is 2. The van der Waals surface area contributed by atoms with Crippen LogP contribution in [-0.2, 0) is 26.0 Å². The highest BCUT2D eigenvalue weighted by Crippen LogP contribution is 2.14. The zero-order valence-corrected chi connectivity index (χ0v) is 13.3. The molecule has 0 aliphatic heterocycles. The highest BCUT2D eigenvalue weighted by molar-refractivity contribution is 7.89. The fraction of sp³-hybridized carbons (Fsp3) is 0.750. The minimum Gasteiger partial charge on any atom is -0.396 e. The number of methoxy groups -OCH3 is 2. The summed E-state index contributed by atoms with van der Waals surface area (Å²) in [7, 11) is -0.579. The van der Waals surface area contributed by atoms with Gasteiger partial charge in [-0.3, -0.25) is 4.68 Å². The van der Waals surface area contributed by atoms with Crippen LogP contribution in [0.3, 0.4) is 0 Å². The van der Waals surface area contributed by atoms with Gasteiger partial charge in [0.25, 0.3) is 0 Å². The van der Waals surface area contributed by atoms with Crippen LogP contribution in [0.15, 0.2) is 17.3 Å². The van der Waals surface area contributed by atoms with Gasteiger partial charge in [-0.25, -0.2) is 8.42 Å². The van der Waals surface area contributed by atoms with E-state index in [0.717, 1.165) is 0 Å². The number of rotatable bonds is 11. The molecule has 1 N–H and O–H groups in total. The van der Waals surface area contributed by atoms with E-state index in [1.807, 2.05) is 0 Å². The number of aromatic nitrogens is 2. The summed E-state index contributed by atoms with van der Waals surface area (Å²) in [6.45, 7) is 1.63.